The van der Waals surface area contributed by atoms with Gasteiger partial charge in [-0.05, 0) is 18.6 Å². The van der Waals surface area contributed by atoms with E-state index in [0.29, 0.717) is 6.42 Å². The molecule has 1 aromatic carbocycles. The van der Waals surface area contributed by atoms with Crippen LogP contribution >= 0.6 is 0 Å². The van der Waals surface area contributed by atoms with Gasteiger partial charge in [-0.1, -0.05) is 13.0 Å². The molecule has 0 aliphatic carbocycles. The molecule has 18 heavy (non-hydrogen) atoms. The summed E-state index contributed by atoms with van der Waals surface area (Å²) in [4.78, 5) is 11.9. The Hall–Kier alpha value is -2.09. The number of benzene rings is 1. The summed E-state index contributed by atoms with van der Waals surface area (Å²) >= 11 is 0. The van der Waals surface area contributed by atoms with E-state index in [1.54, 1.807) is 0 Å². The van der Waals surface area contributed by atoms with Crippen LogP contribution in [0.5, 0.6) is 5.75 Å². The lowest BCUT2D eigenvalue weighted by atomic mass is 10.1. The number of carbonyl (C=O) groups is 1. The van der Waals surface area contributed by atoms with Gasteiger partial charge in [-0.25, -0.2) is 4.39 Å². The van der Waals surface area contributed by atoms with Crippen LogP contribution in [0.4, 0.5) is 4.39 Å². The fourth-order valence-electron chi connectivity index (χ4n) is 1.56. The van der Waals surface area contributed by atoms with Crippen molar-refractivity contribution in [2.24, 2.45) is 0 Å². The summed E-state index contributed by atoms with van der Waals surface area (Å²) in [6.45, 7) is 1.85. The van der Waals surface area contributed by atoms with Gasteiger partial charge in [0.15, 0.2) is 0 Å². The average molecular weight is 250 g/mol. The first kappa shape index (κ1) is 14.0. The Kier molecular flexibility index (Phi) is 5.12. The predicted octanol–water partition coefficient (Wildman–Crippen LogP) is 2.26. The Morgan fingerprint density at radius 2 is 2.33 bits per heavy atom. The van der Waals surface area contributed by atoms with Gasteiger partial charge in [0.2, 0.25) is 0 Å². The molecule has 0 fully saturated rings. The Labute approximate surface area is 105 Å². The van der Waals surface area contributed by atoms with Gasteiger partial charge < -0.3 is 10.1 Å². The molecule has 0 spiro atoms. The van der Waals surface area contributed by atoms with Gasteiger partial charge in [0.1, 0.15) is 17.1 Å². The van der Waals surface area contributed by atoms with Crippen LogP contribution in [0, 0.1) is 17.1 Å². The first-order valence-corrected chi connectivity index (χ1v) is 5.64. The molecule has 0 aliphatic heterocycles. The number of nitrogens with zero attached hydrogens (tertiary/aromatic N) is 1. The first-order valence-electron chi connectivity index (χ1n) is 5.64. The molecule has 1 atom stereocenters. The molecule has 0 bridgehead atoms. The fraction of sp³-hybridized carbons (Fsp3) is 0.385. The van der Waals surface area contributed by atoms with Crippen LogP contribution in [0.2, 0.25) is 0 Å². The van der Waals surface area contributed by atoms with E-state index < -0.39 is 11.7 Å². The Morgan fingerprint density at radius 3 is 2.89 bits per heavy atom. The molecule has 0 saturated carbocycles. The summed E-state index contributed by atoms with van der Waals surface area (Å²) in [5.74, 6) is -1.02. The molecule has 0 radical (unpaired) electrons. The molecule has 0 saturated heterocycles. The maximum Gasteiger partial charge on any atom is 0.258 e. The maximum atomic E-state index is 13.6. The number of hydrogen-bond donors (Lipinski definition) is 1. The van der Waals surface area contributed by atoms with Gasteiger partial charge in [-0.2, -0.15) is 5.26 Å². The van der Waals surface area contributed by atoms with E-state index in [4.69, 9.17) is 10.00 Å². The number of halogens is 1. The third-order valence-corrected chi connectivity index (χ3v) is 2.59. The van der Waals surface area contributed by atoms with Crippen LogP contribution in [-0.4, -0.2) is 19.1 Å². The van der Waals surface area contributed by atoms with Crippen LogP contribution in [0.25, 0.3) is 0 Å². The third kappa shape index (κ3) is 3.20. The molecular weight excluding hydrogens is 235 g/mol. The molecule has 0 heterocycles. The van der Waals surface area contributed by atoms with E-state index in [1.807, 2.05) is 13.0 Å². The molecule has 4 nitrogen and oxygen atoms in total. The molecule has 96 valence electrons. The topological polar surface area (TPSA) is 62.1 Å². The van der Waals surface area contributed by atoms with E-state index in [9.17, 15) is 9.18 Å². The molecule has 1 unspecified atom stereocenters. The fourth-order valence-corrected chi connectivity index (χ4v) is 1.56. The summed E-state index contributed by atoms with van der Waals surface area (Å²) in [5.41, 5.74) is -0.128. The molecule has 1 rings (SSSR count). The summed E-state index contributed by atoms with van der Waals surface area (Å²) in [5, 5.41) is 11.2. The normalized spacial score (nSPS) is 11.4. The molecule has 0 aromatic heterocycles. The second-order valence-corrected chi connectivity index (χ2v) is 3.76. The summed E-state index contributed by atoms with van der Waals surface area (Å²) in [6, 6.07) is 5.88. The zero-order chi connectivity index (χ0) is 13.5. The summed E-state index contributed by atoms with van der Waals surface area (Å²) in [6.07, 6.45) is 0.801. The number of nitrogens with one attached hydrogen (secondary N) is 1. The van der Waals surface area contributed by atoms with Crippen molar-refractivity contribution in [3.05, 3.63) is 29.6 Å². The van der Waals surface area contributed by atoms with E-state index in [2.05, 4.69) is 5.32 Å². The van der Waals surface area contributed by atoms with Crippen LogP contribution in [-0.2, 0) is 0 Å². The van der Waals surface area contributed by atoms with Gasteiger partial charge in [0.05, 0.1) is 19.6 Å². The lowest BCUT2D eigenvalue weighted by molar-refractivity contribution is 0.0929. The zero-order valence-electron chi connectivity index (χ0n) is 10.4. The highest BCUT2D eigenvalue weighted by Gasteiger charge is 2.19. The van der Waals surface area contributed by atoms with Crippen molar-refractivity contribution in [3.63, 3.8) is 0 Å². The maximum absolute atomic E-state index is 13.6. The number of ether oxygens (including phenoxy) is 1. The second-order valence-electron chi connectivity index (χ2n) is 3.76. The van der Waals surface area contributed by atoms with E-state index in [-0.39, 0.29) is 23.8 Å². The molecule has 5 heteroatoms. The number of carbonyl (C=O) groups excluding carboxylic acids is 1. The van der Waals surface area contributed by atoms with Gasteiger partial charge in [-0.15, -0.1) is 0 Å². The molecule has 0 aliphatic rings. The summed E-state index contributed by atoms with van der Waals surface area (Å²) < 4.78 is 18.6. The van der Waals surface area contributed by atoms with Gasteiger partial charge in [0.25, 0.3) is 5.91 Å². The molecule has 1 amide bonds. The number of nitriles is 1. The van der Waals surface area contributed by atoms with Crippen molar-refractivity contribution in [1.29, 1.82) is 5.26 Å². The Bertz CT molecular complexity index is 469. The quantitative estimate of drug-likeness (QED) is 0.871. The van der Waals surface area contributed by atoms with Crippen molar-refractivity contribution in [2.75, 3.05) is 7.11 Å². The van der Waals surface area contributed by atoms with Gasteiger partial charge in [0, 0.05) is 6.04 Å². The van der Waals surface area contributed by atoms with Gasteiger partial charge >= 0.3 is 0 Å². The van der Waals surface area contributed by atoms with Crippen molar-refractivity contribution < 1.29 is 13.9 Å². The van der Waals surface area contributed by atoms with E-state index in [1.165, 1.54) is 25.3 Å². The largest absolute Gasteiger partial charge is 0.496 e. The number of rotatable bonds is 5. The van der Waals surface area contributed by atoms with Crippen LogP contribution < -0.4 is 10.1 Å². The smallest absolute Gasteiger partial charge is 0.258 e. The SMILES string of the molecule is CCC(CC#N)NC(=O)c1c(F)cccc1OC. The second kappa shape index (κ2) is 6.60. The van der Waals surface area contributed by atoms with Gasteiger partial charge in [-0.3, -0.25) is 4.79 Å². The number of amides is 1. The minimum Gasteiger partial charge on any atom is -0.496 e. The summed E-state index contributed by atoms with van der Waals surface area (Å²) in [7, 11) is 1.37. The van der Waals surface area contributed by atoms with Crippen LogP contribution in [0.1, 0.15) is 30.1 Å². The molecule has 1 aromatic rings. The zero-order valence-corrected chi connectivity index (χ0v) is 10.4. The first-order chi connectivity index (χ1) is 8.63. The monoisotopic (exact) mass is 250 g/mol. The van der Waals surface area contributed by atoms with E-state index in [0.717, 1.165) is 0 Å². The number of methoxy groups -OCH3 is 1. The van der Waals surface area contributed by atoms with E-state index >= 15 is 0 Å². The predicted molar refractivity (Wildman–Crippen MR) is 64.7 cm³/mol. The lowest BCUT2D eigenvalue weighted by Gasteiger charge is -2.15. The van der Waals surface area contributed by atoms with Crippen molar-refractivity contribution in [2.45, 2.75) is 25.8 Å². The third-order valence-electron chi connectivity index (χ3n) is 2.59. The minimum absolute atomic E-state index is 0.128. The number of hydrogen-bond acceptors (Lipinski definition) is 3. The lowest BCUT2D eigenvalue weighted by Crippen LogP contribution is -2.34. The van der Waals surface area contributed by atoms with Crippen molar-refractivity contribution in [3.8, 4) is 11.8 Å². The van der Waals surface area contributed by atoms with Crippen LogP contribution in [0.3, 0.4) is 0 Å². The average Bonchev–Trinajstić information content (AvgIpc) is 2.37. The van der Waals surface area contributed by atoms with Crippen molar-refractivity contribution >= 4 is 5.91 Å². The van der Waals surface area contributed by atoms with Crippen LogP contribution in [0.15, 0.2) is 18.2 Å². The van der Waals surface area contributed by atoms with Crippen molar-refractivity contribution in [1.82, 2.24) is 5.32 Å². The Morgan fingerprint density at radius 1 is 1.61 bits per heavy atom. The standard InChI is InChI=1S/C13H15FN2O2/c1-3-9(7-8-15)16-13(17)12-10(14)5-4-6-11(12)18-2/h4-6,9H,3,7H2,1-2H3,(H,16,17). The highest BCUT2D eigenvalue weighted by molar-refractivity contribution is 5.97. The molecule has 1 N–H and O–H groups in total. The highest BCUT2D eigenvalue weighted by atomic mass is 19.1. The highest BCUT2D eigenvalue weighted by Crippen LogP contribution is 2.21. The molecular formula is C13H15FN2O2. The Balaban J connectivity index is 2.94. The minimum atomic E-state index is -0.640.